The molecule has 1 saturated heterocycles. The molecule has 2 atom stereocenters. The lowest BCUT2D eigenvalue weighted by atomic mass is 10.1. The van der Waals surface area contributed by atoms with E-state index < -0.39 is 0 Å². The summed E-state index contributed by atoms with van der Waals surface area (Å²) in [5.74, 6) is 0.0899. The first-order valence-electron chi connectivity index (χ1n) is 8.91. The van der Waals surface area contributed by atoms with Gasteiger partial charge in [0, 0.05) is 37.6 Å². The zero-order chi connectivity index (χ0) is 17.5. The van der Waals surface area contributed by atoms with Crippen LogP contribution in [0.4, 0.5) is 0 Å². The van der Waals surface area contributed by atoms with Crippen LogP contribution in [0.5, 0.6) is 0 Å². The van der Waals surface area contributed by atoms with Gasteiger partial charge in [0.25, 0.3) is 5.91 Å². The molecular weight excluding hydrogens is 328 g/mol. The molecule has 0 bridgehead atoms. The van der Waals surface area contributed by atoms with Gasteiger partial charge in [0.2, 0.25) is 0 Å². The molecule has 6 nitrogen and oxygen atoms in total. The van der Waals surface area contributed by atoms with Crippen molar-refractivity contribution in [3.63, 3.8) is 0 Å². The fraction of sp³-hybridized carbons (Fsp3) is 0.300. The summed E-state index contributed by atoms with van der Waals surface area (Å²) in [6.45, 7) is 3.16. The van der Waals surface area contributed by atoms with Crippen molar-refractivity contribution in [2.75, 3.05) is 13.1 Å². The lowest BCUT2D eigenvalue weighted by Crippen LogP contribution is -2.49. The predicted molar refractivity (Wildman–Crippen MR) is 95.4 cm³/mol. The summed E-state index contributed by atoms with van der Waals surface area (Å²) in [6, 6.07) is 12.2. The maximum absolute atomic E-state index is 13.1. The highest BCUT2D eigenvalue weighted by atomic mass is 16.3. The van der Waals surface area contributed by atoms with E-state index in [1.807, 2.05) is 47.5 Å². The molecule has 2 aliphatic rings. The van der Waals surface area contributed by atoms with Gasteiger partial charge in [-0.1, -0.05) is 6.07 Å². The predicted octanol–water partition coefficient (Wildman–Crippen LogP) is 2.56. The van der Waals surface area contributed by atoms with Crippen LogP contribution in [-0.2, 0) is 13.1 Å². The molecule has 2 aliphatic heterocycles. The summed E-state index contributed by atoms with van der Waals surface area (Å²) in [5, 5.41) is 0. The molecule has 0 unspecified atom stereocenters. The van der Waals surface area contributed by atoms with Crippen LogP contribution in [0, 0.1) is 0 Å². The van der Waals surface area contributed by atoms with Crippen molar-refractivity contribution in [3.05, 3.63) is 78.3 Å². The van der Waals surface area contributed by atoms with Crippen LogP contribution in [0.15, 0.2) is 65.7 Å². The van der Waals surface area contributed by atoms with Crippen LogP contribution in [0.2, 0.25) is 0 Å². The minimum absolute atomic E-state index is 0.0899. The van der Waals surface area contributed by atoms with Gasteiger partial charge in [-0.2, -0.15) is 0 Å². The molecule has 1 amide bonds. The zero-order valence-corrected chi connectivity index (χ0v) is 14.4. The van der Waals surface area contributed by atoms with Crippen molar-refractivity contribution < 1.29 is 9.21 Å². The second kappa shape index (κ2) is 6.14. The molecule has 3 aromatic heterocycles. The molecule has 26 heavy (non-hydrogen) atoms. The third kappa shape index (κ3) is 2.54. The number of rotatable bonds is 4. The largest absolute Gasteiger partial charge is 0.472 e. The maximum Gasteiger partial charge on any atom is 0.271 e. The zero-order valence-electron chi connectivity index (χ0n) is 14.4. The number of furan rings is 1. The number of likely N-dealkylation sites (tertiary alicyclic amines) is 1. The fourth-order valence-electron chi connectivity index (χ4n) is 4.21. The molecule has 5 rings (SSSR count). The van der Waals surface area contributed by atoms with Crippen molar-refractivity contribution in [1.29, 1.82) is 0 Å². The fourth-order valence-corrected chi connectivity index (χ4v) is 4.21. The molecule has 1 fully saturated rings. The molecule has 0 aromatic carbocycles. The number of carbonyl (C=O) groups is 1. The van der Waals surface area contributed by atoms with Crippen molar-refractivity contribution in [2.45, 2.75) is 25.2 Å². The van der Waals surface area contributed by atoms with Gasteiger partial charge in [-0.3, -0.25) is 14.7 Å². The van der Waals surface area contributed by atoms with E-state index in [2.05, 4.69) is 14.5 Å². The third-order valence-corrected chi connectivity index (χ3v) is 5.40. The molecule has 5 heterocycles. The SMILES string of the molecule is O=C1c2cccn2[C@@H]2CN(Cc3ccoc3)C[C@@H]2N1Cc1ccccn1. The van der Waals surface area contributed by atoms with Crippen LogP contribution >= 0.6 is 0 Å². The Morgan fingerprint density at radius 3 is 2.81 bits per heavy atom. The van der Waals surface area contributed by atoms with E-state index in [9.17, 15) is 4.79 Å². The molecule has 132 valence electrons. The number of hydrogen-bond donors (Lipinski definition) is 0. The van der Waals surface area contributed by atoms with Crippen LogP contribution in [-0.4, -0.2) is 44.4 Å². The molecule has 0 aliphatic carbocycles. The number of pyridine rings is 1. The molecule has 0 N–H and O–H groups in total. The average Bonchev–Trinajstić information content (AvgIpc) is 3.40. The van der Waals surface area contributed by atoms with Gasteiger partial charge in [-0.25, -0.2) is 0 Å². The van der Waals surface area contributed by atoms with Crippen LogP contribution in [0.3, 0.4) is 0 Å². The molecular formula is C20H20N4O2. The van der Waals surface area contributed by atoms with E-state index in [-0.39, 0.29) is 18.0 Å². The van der Waals surface area contributed by atoms with Crippen molar-refractivity contribution in [3.8, 4) is 0 Å². The van der Waals surface area contributed by atoms with Gasteiger partial charge in [0.1, 0.15) is 5.69 Å². The van der Waals surface area contributed by atoms with Crippen LogP contribution in [0.1, 0.15) is 27.8 Å². The van der Waals surface area contributed by atoms with E-state index >= 15 is 0 Å². The standard InChI is InChI=1S/C20H20N4O2/c25-20-17-5-3-8-23(17)18-12-22(10-15-6-9-26-14-15)13-19(18)24(20)11-16-4-1-2-7-21-16/h1-9,14,18-19H,10-13H2/t18-,19+/m1/s1. The highest BCUT2D eigenvalue weighted by Crippen LogP contribution is 2.35. The van der Waals surface area contributed by atoms with Gasteiger partial charge >= 0.3 is 0 Å². The molecule has 0 spiro atoms. The Balaban J connectivity index is 1.45. The Hall–Kier alpha value is -2.86. The Labute approximate surface area is 151 Å². The van der Waals surface area contributed by atoms with Gasteiger partial charge < -0.3 is 13.9 Å². The number of hydrogen-bond acceptors (Lipinski definition) is 4. The van der Waals surface area contributed by atoms with E-state index in [0.29, 0.717) is 6.54 Å². The normalized spacial score (nSPS) is 22.5. The number of nitrogens with zero attached hydrogens (tertiary/aromatic N) is 4. The van der Waals surface area contributed by atoms with Crippen molar-refractivity contribution in [1.82, 2.24) is 19.4 Å². The number of amides is 1. The van der Waals surface area contributed by atoms with Gasteiger partial charge in [-0.05, 0) is 30.3 Å². The van der Waals surface area contributed by atoms with E-state index in [4.69, 9.17) is 4.42 Å². The lowest BCUT2D eigenvalue weighted by Gasteiger charge is -2.38. The van der Waals surface area contributed by atoms with Gasteiger partial charge in [0.05, 0.1) is 36.8 Å². The Morgan fingerprint density at radius 2 is 2.00 bits per heavy atom. The summed E-state index contributed by atoms with van der Waals surface area (Å²) in [6.07, 6.45) is 7.31. The van der Waals surface area contributed by atoms with Gasteiger partial charge in [-0.15, -0.1) is 0 Å². The van der Waals surface area contributed by atoms with E-state index in [1.165, 1.54) is 5.56 Å². The summed E-state index contributed by atoms with van der Waals surface area (Å²) in [4.78, 5) is 21.9. The Morgan fingerprint density at radius 1 is 1.08 bits per heavy atom. The second-order valence-electron chi connectivity index (χ2n) is 7.02. The smallest absolute Gasteiger partial charge is 0.271 e. The third-order valence-electron chi connectivity index (χ3n) is 5.40. The highest BCUT2D eigenvalue weighted by Gasteiger charge is 2.44. The van der Waals surface area contributed by atoms with Crippen LogP contribution in [0.25, 0.3) is 0 Å². The maximum atomic E-state index is 13.1. The molecule has 3 aromatic rings. The first-order chi connectivity index (χ1) is 12.8. The molecule has 6 heteroatoms. The van der Waals surface area contributed by atoms with Crippen molar-refractivity contribution in [2.24, 2.45) is 0 Å². The lowest BCUT2D eigenvalue weighted by molar-refractivity contribution is 0.0553. The molecule has 0 radical (unpaired) electrons. The van der Waals surface area contributed by atoms with E-state index in [0.717, 1.165) is 31.0 Å². The minimum atomic E-state index is 0.0899. The van der Waals surface area contributed by atoms with Crippen molar-refractivity contribution >= 4 is 5.91 Å². The average molecular weight is 348 g/mol. The Kier molecular flexibility index (Phi) is 3.64. The highest BCUT2D eigenvalue weighted by molar-refractivity contribution is 5.94. The van der Waals surface area contributed by atoms with Gasteiger partial charge in [0.15, 0.2) is 0 Å². The minimum Gasteiger partial charge on any atom is -0.472 e. The monoisotopic (exact) mass is 348 g/mol. The number of aromatic nitrogens is 2. The van der Waals surface area contributed by atoms with Crippen LogP contribution < -0.4 is 0 Å². The summed E-state index contributed by atoms with van der Waals surface area (Å²) < 4.78 is 7.35. The number of fused-ring (bicyclic) bond motifs is 3. The molecule has 0 saturated carbocycles. The first-order valence-corrected chi connectivity index (χ1v) is 8.91. The summed E-state index contributed by atoms with van der Waals surface area (Å²) in [5.41, 5.74) is 2.86. The summed E-state index contributed by atoms with van der Waals surface area (Å²) >= 11 is 0. The second-order valence-corrected chi connectivity index (χ2v) is 7.02. The number of carbonyl (C=O) groups excluding carboxylic acids is 1. The summed E-state index contributed by atoms with van der Waals surface area (Å²) in [7, 11) is 0. The van der Waals surface area contributed by atoms with E-state index in [1.54, 1.807) is 18.7 Å². The quantitative estimate of drug-likeness (QED) is 0.727. The Bertz CT molecular complexity index is 903. The first kappa shape index (κ1) is 15.4. The topological polar surface area (TPSA) is 54.5 Å².